The van der Waals surface area contributed by atoms with Crippen LogP contribution in [0.3, 0.4) is 0 Å². The summed E-state index contributed by atoms with van der Waals surface area (Å²) in [6.45, 7) is 1.46. The Morgan fingerprint density at radius 2 is 2.00 bits per heavy atom. The maximum absolute atomic E-state index is 12.8. The van der Waals surface area contributed by atoms with Crippen molar-refractivity contribution in [2.24, 2.45) is 5.92 Å². The van der Waals surface area contributed by atoms with E-state index in [2.05, 4.69) is 15.5 Å². The molecular weight excluding hydrogens is 344 g/mol. The van der Waals surface area contributed by atoms with Crippen molar-refractivity contribution in [1.29, 1.82) is 0 Å². The zero-order valence-corrected chi connectivity index (χ0v) is 15.3. The second-order valence-corrected chi connectivity index (χ2v) is 7.32. The number of amides is 2. The van der Waals surface area contributed by atoms with Crippen molar-refractivity contribution in [3.8, 4) is 0 Å². The van der Waals surface area contributed by atoms with Gasteiger partial charge in [0.1, 0.15) is 0 Å². The molecule has 1 aliphatic carbocycles. The van der Waals surface area contributed by atoms with Crippen LogP contribution in [-0.4, -0.2) is 39.9 Å². The fourth-order valence-corrected chi connectivity index (χ4v) is 3.42. The van der Waals surface area contributed by atoms with Gasteiger partial charge in [-0.3, -0.25) is 9.59 Å². The number of carbonyl (C=O) groups is 2. The lowest BCUT2D eigenvalue weighted by atomic mass is 10.1. The molecule has 1 unspecified atom stereocenters. The maximum Gasteiger partial charge on any atom is 0.254 e. The first kappa shape index (κ1) is 17.7. The van der Waals surface area contributed by atoms with E-state index >= 15 is 0 Å². The van der Waals surface area contributed by atoms with E-state index in [9.17, 15) is 9.59 Å². The van der Waals surface area contributed by atoms with Gasteiger partial charge in [0.15, 0.2) is 5.82 Å². The first-order valence-corrected chi connectivity index (χ1v) is 9.66. The molecule has 1 aromatic heterocycles. The molecule has 0 radical (unpaired) electrons. The molecule has 1 atom stereocenters. The van der Waals surface area contributed by atoms with E-state index in [1.165, 1.54) is 12.8 Å². The van der Waals surface area contributed by atoms with Gasteiger partial charge in [0.2, 0.25) is 11.8 Å². The summed E-state index contributed by atoms with van der Waals surface area (Å²) in [6, 6.07) is 9.08. The molecule has 2 aromatic rings. The average molecular weight is 368 g/mol. The summed E-state index contributed by atoms with van der Waals surface area (Å²) in [6.07, 6.45) is 4.92. The van der Waals surface area contributed by atoms with E-state index in [-0.39, 0.29) is 17.9 Å². The second-order valence-electron chi connectivity index (χ2n) is 7.32. The van der Waals surface area contributed by atoms with Crippen LogP contribution in [0, 0.1) is 5.92 Å². The zero-order valence-electron chi connectivity index (χ0n) is 15.3. The molecule has 1 N–H and O–H groups in total. The van der Waals surface area contributed by atoms with Gasteiger partial charge in [-0.2, -0.15) is 4.98 Å². The summed E-state index contributed by atoms with van der Waals surface area (Å²) >= 11 is 0. The predicted molar refractivity (Wildman–Crippen MR) is 97.8 cm³/mol. The number of hydrogen-bond donors (Lipinski definition) is 1. The van der Waals surface area contributed by atoms with Crippen molar-refractivity contribution in [3.63, 3.8) is 0 Å². The smallest absolute Gasteiger partial charge is 0.254 e. The van der Waals surface area contributed by atoms with Crippen molar-refractivity contribution in [2.75, 3.05) is 13.1 Å². The Hall–Kier alpha value is -2.70. The number of hydrogen-bond acceptors (Lipinski definition) is 5. The third-order valence-electron chi connectivity index (χ3n) is 5.17. The van der Waals surface area contributed by atoms with E-state index < -0.39 is 0 Å². The third kappa shape index (κ3) is 4.35. The van der Waals surface area contributed by atoms with Gasteiger partial charge < -0.3 is 14.7 Å². The van der Waals surface area contributed by atoms with Gasteiger partial charge in [-0.25, -0.2) is 0 Å². The lowest BCUT2D eigenvalue weighted by Gasteiger charge is -2.22. The summed E-state index contributed by atoms with van der Waals surface area (Å²) in [5.41, 5.74) is 0.667. The van der Waals surface area contributed by atoms with Gasteiger partial charge >= 0.3 is 0 Å². The Morgan fingerprint density at radius 3 is 2.78 bits per heavy atom. The highest BCUT2D eigenvalue weighted by atomic mass is 16.5. The van der Waals surface area contributed by atoms with Gasteiger partial charge in [0.05, 0.1) is 6.04 Å². The molecule has 4 rings (SSSR count). The van der Waals surface area contributed by atoms with Crippen LogP contribution in [0.5, 0.6) is 0 Å². The average Bonchev–Trinajstić information content (AvgIpc) is 3.19. The molecule has 7 nitrogen and oxygen atoms in total. The normalized spacial score (nSPS) is 19.3. The standard InChI is InChI=1S/C20H24N4O3/c25-17(21-13-14-8-9-14)10-11-18-22-19(23-27-18)16-7-4-12-24(16)20(26)15-5-2-1-3-6-15/h1-3,5-6,14,16H,4,7-13H2,(H,21,25). The minimum Gasteiger partial charge on any atom is -0.356 e. The molecule has 2 fully saturated rings. The number of nitrogens with one attached hydrogen (secondary N) is 1. The number of aryl methyl sites for hydroxylation is 1. The molecule has 2 aliphatic rings. The molecule has 2 heterocycles. The summed E-state index contributed by atoms with van der Waals surface area (Å²) in [4.78, 5) is 30.9. The van der Waals surface area contributed by atoms with E-state index in [1.807, 2.05) is 35.2 Å². The number of likely N-dealkylation sites (tertiary alicyclic amines) is 1. The first-order chi connectivity index (χ1) is 13.2. The lowest BCUT2D eigenvalue weighted by Crippen LogP contribution is -2.31. The molecular formula is C20H24N4O3. The topological polar surface area (TPSA) is 88.3 Å². The minimum absolute atomic E-state index is 0.0103. The van der Waals surface area contributed by atoms with Gasteiger partial charge in [0.25, 0.3) is 5.91 Å². The van der Waals surface area contributed by atoms with Crippen molar-refractivity contribution in [2.45, 2.75) is 44.6 Å². The molecule has 0 spiro atoms. The number of aromatic nitrogens is 2. The van der Waals surface area contributed by atoms with Crippen LogP contribution < -0.4 is 5.32 Å². The molecule has 142 valence electrons. The van der Waals surface area contributed by atoms with Crippen LogP contribution in [0.2, 0.25) is 0 Å². The van der Waals surface area contributed by atoms with E-state index in [1.54, 1.807) is 0 Å². The number of nitrogens with zero attached hydrogens (tertiary/aromatic N) is 3. The molecule has 0 bridgehead atoms. The van der Waals surface area contributed by atoms with Crippen molar-refractivity contribution < 1.29 is 14.1 Å². The molecule has 1 aliphatic heterocycles. The highest BCUT2D eigenvalue weighted by Gasteiger charge is 2.33. The second kappa shape index (κ2) is 7.90. The third-order valence-corrected chi connectivity index (χ3v) is 5.17. The van der Waals surface area contributed by atoms with Crippen LogP contribution in [0.25, 0.3) is 0 Å². The van der Waals surface area contributed by atoms with Crippen LogP contribution in [-0.2, 0) is 11.2 Å². The fraction of sp³-hybridized carbons (Fsp3) is 0.500. The van der Waals surface area contributed by atoms with Gasteiger partial charge in [-0.05, 0) is 43.7 Å². The summed E-state index contributed by atoms with van der Waals surface area (Å²) in [5, 5.41) is 7.01. The van der Waals surface area contributed by atoms with Gasteiger partial charge in [-0.1, -0.05) is 23.4 Å². The molecule has 1 saturated carbocycles. The van der Waals surface area contributed by atoms with Crippen LogP contribution in [0.1, 0.15) is 60.2 Å². The Kier molecular flexibility index (Phi) is 5.18. The Balaban J connectivity index is 1.35. The quantitative estimate of drug-likeness (QED) is 0.811. The monoisotopic (exact) mass is 368 g/mol. The van der Waals surface area contributed by atoms with E-state index in [0.717, 1.165) is 19.4 Å². The maximum atomic E-state index is 12.8. The van der Waals surface area contributed by atoms with Crippen molar-refractivity contribution in [3.05, 3.63) is 47.6 Å². The molecule has 2 amide bonds. The van der Waals surface area contributed by atoms with Gasteiger partial charge in [-0.15, -0.1) is 0 Å². The predicted octanol–water partition coefficient (Wildman–Crippen LogP) is 2.51. The Labute approximate surface area is 158 Å². The number of benzene rings is 1. The summed E-state index contributed by atoms with van der Waals surface area (Å²) in [5.74, 6) is 1.66. The molecule has 7 heteroatoms. The molecule has 1 aromatic carbocycles. The van der Waals surface area contributed by atoms with Crippen molar-refractivity contribution >= 4 is 11.8 Å². The van der Waals surface area contributed by atoms with Crippen LogP contribution in [0.15, 0.2) is 34.9 Å². The zero-order chi connectivity index (χ0) is 18.6. The molecule has 1 saturated heterocycles. The number of rotatable bonds is 7. The summed E-state index contributed by atoms with van der Waals surface area (Å²) in [7, 11) is 0. The summed E-state index contributed by atoms with van der Waals surface area (Å²) < 4.78 is 5.32. The van der Waals surface area contributed by atoms with Crippen molar-refractivity contribution in [1.82, 2.24) is 20.4 Å². The molecule has 27 heavy (non-hydrogen) atoms. The van der Waals surface area contributed by atoms with E-state index in [4.69, 9.17) is 4.52 Å². The largest absolute Gasteiger partial charge is 0.356 e. The SMILES string of the molecule is O=C(CCc1nc(C2CCCN2C(=O)c2ccccc2)no1)NCC1CC1. The van der Waals surface area contributed by atoms with Crippen LogP contribution in [0.4, 0.5) is 0 Å². The van der Waals surface area contributed by atoms with E-state index in [0.29, 0.717) is 42.6 Å². The Morgan fingerprint density at radius 1 is 1.19 bits per heavy atom. The van der Waals surface area contributed by atoms with Gasteiger partial charge in [0, 0.05) is 31.5 Å². The van der Waals surface area contributed by atoms with Crippen LogP contribution >= 0.6 is 0 Å². The first-order valence-electron chi connectivity index (χ1n) is 9.66. The fourth-order valence-electron chi connectivity index (χ4n) is 3.42. The highest BCUT2D eigenvalue weighted by Crippen LogP contribution is 2.31. The minimum atomic E-state index is -0.168. The highest BCUT2D eigenvalue weighted by molar-refractivity contribution is 5.94. The lowest BCUT2D eigenvalue weighted by molar-refractivity contribution is -0.121. The number of carbonyl (C=O) groups excluding carboxylic acids is 2. The Bertz CT molecular complexity index is 801.